The molecule has 112 valence electrons. The van der Waals surface area contributed by atoms with E-state index in [1.807, 2.05) is 4.90 Å². The van der Waals surface area contributed by atoms with Crippen molar-refractivity contribution in [1.82, 2.24) is 9.80 Å². The van der Waals surface area contributed by atoms with Gasteiger partial charge < -0.3 is 20.0 Å². The minimum atomic E-state index is -1.02. The van der Waals surface area contributed by atoms with Gasteiger partial charge in [-0.3, -0.25) is 0 Å². The molecule has 2 unspecified atom stereocenters. The largest absolute Gasteiger partial charge is 0.480 e. The first-order valence-electron chi connectivity index (χ1n) is 7.56. The minimum Gasteiger partial charge on any atom is -0.480 e. The van der Waals surface area contributed by atoms with Crippen LogP contribution in [0.25, 0.3) is 0 Å². The maximum Gasteiger partial charge on any atom is 0.326 e. The highest BCUT2D eigenvalue weighted by atomic mass is 16.4. The summed E-state index contributed by atoms with van der Waals surface area (Å²) in [6.45, 7) is 0.872. The molecule has 6 heteroatoms. The van der Waals surface area contributed by atoms with Crippen LogP contribution in [-0.4, -0.2) is 63.3 Å². The van der Waals surface area contributed by atoms with Gasteiger partial charge in [0.25, 0.3) is 0 Å². The van der Waals surface area contributed by atoms with Gasteiger partial charge >= 0.3 is 12.0 Å². The van der Waals surface area contributed by atoms with Crippen LogP contribution in [0.3, 0.4) is 0 Å². The summed E-state index contributed by atoms with van der Waals surface area (Å²) in [7, 11) is 0. The number of hydrogen-bond acceptors (Lipinski definition) is 3. The highest BCUT2D eigenvalue weighted by Gasteiger charge is 2.45. The highest BCUT2D eigenvalue weighted by Crippen LogP contribution is 2.37. The van der Waals surface area contributed by atoms with Gasteiger partial charge in [0.2, 0.25) is 0 Å². The van der Waals surface area contributed by atoms with Crippen molar-refractivity contribution in [1.29, 1.82) is 0 Å². The van der Waals surface area contributed by atoms with Crippen molar-refractivity contribution >= 4 is 12.0 Å². The molecule has 3 fully saturated rings. The molecule has 2 N–H and O–H groups in total. The zero-order chi connectivity index (χ0) is 14.3. The van der Waals surface area contributed by atoms with Crippen LogP contribution in [0.4, 0.5) is 4.79 Å². The number of aliphatic carboxylic acids is 1. The topological polar surface area (TPSA) is 81.1 Å². The van der Waals surface area contributed by atoms with E-state index in [0.29, 0.717) is 5.92 Å². The average molecular weight is 282 g/mol. The van der Waals surface area contributed by atoms with Gasteiger partial charge in [-0.1, -0.05) is 12.8 Å². The van der Waals surface area contributed by atoms with Gasteiger partial charge in [0.1, 0.15) is 6.04 Å². The lowest BCUT2D eigenvalue weighted by Gasteiger charge is -2.35. The number of carboxylic acids is 1. The molecule has 2 heterocycles. The molecule has 0 spiro atoms. The molecule has 0 radical (unpaired) electrons. The third-order valence-corrected chi connectivity index (χ3v) is 5.07. The molecule has 0 bridgehead atoms. The number of aliphatic hydroxyl groups is 1. The van der Waals surface area contributed by atoms with Gasteiger partial charge in [0.05, 0.1) is 6.10 Å². The Morgan fingerprint density at radius 1 is 1.05 bits per heavy atom. The summed E-state index contributed by atoms with van der Waals surface area (Å²) in [6, 6.07) is -0.785. The van der Waals surface area contributed by atoms with E-state index in [2.05, 4.69) is 0 Å². The molecular weight excluding hydrogens is 260 g/mol. The third kappa shape index (κ3) is 2.26. The number of rotatable bonds is 1. The van der Waals surface area contributed by atoms with Crippen molar-refractivity contribution in [3.05, 3.63) is 0 Å². The summed E-state index contributed by atoms with van der Waals surface area (Å²) in [5.74, 6) is -0.433. The van der Waals surface area contributed by atoms with E-state index >= 15 is 0 Å². The fraction of sp³-hybridized carbons (Fsp3) is 0.857. The molecule has 4 atom stereocenters. The van der Waals surface area contributed by atoms with E-state index in [1.165, 1.54) is 17.7 Å². The lowest BCUT2D eigenvalue weighted by Crippen LogP contribution is -2.50. The number of urea groups is 1. The zero-order valence-electron chi connectivity index (χ0n) is 11.6. The fourth-order valence-electron chi connectivity index (χ4n) is 4.07. The maximum atomic E-state index is 12.6. The van der Waals surface area contributed by atoms with Crippen LogP contribution in [0, 0.1) is 5.92 Å². The Balaban J connectivity index is 1.73. The molecule has 6 nitrogen and oxygen atoms in total. The first-order chi connectivity index (χ1) is 9.58. The Kier molecular flexibility index (Phi) is 3.58. The van der Waals surface area contributed by atoms with Crippen LogP contribution in [0.15, 0.2) is 0 Å². The summed E-state index contributed by atoms with van der Waals surface area (Å²) in [5.41, 5.74) is 0. The van der Waals surface area contributed by atoms with Crippen molar-refractivity contribution in [2.24, 2.45) is 5.92 Å². The van der Waals surface area contributed by atoms with Gasteiger partial charge in [-0.25, -0.2) is 9.59 Å². The van der Waals surface area contributed by atoms with Crippen molar-refractivity contribution in [2.45, 2.75) is 56.7 Å². The van der Waals surface area contributed by atoms with Crippen molar-refractivity contribution < 1.29 is 19.8 Å². The highest BCUT2D eigenvalue weighted by molar-refractivity contribution is 5.84. The lowest BCUT2D eigenvalue weighted by molar-refractivity contribution is -0.141. The Morgan fingerprint density at radius 3 is 2.55 bits per heavy atom. The number of aliphatic hydroxyl groups excluding tert-OH is 1. The number of hydrogen-bond donors (Lipinski definition) is 2. The normalized spacial score (nSPS) is 37.0. The maximum absolute atomic E-state index is 12.6. The van der Waals surface area contributed by atoms with Crippen LogP contribution in [-0.2, 0) is 4.79 Å². The SMILES string of the molecule is O=C(O)[C@@H]1C[C@@H](O)CN1C(=O)N1CCC2CCCCC21. The number of carbonyl (C=O) groups excluding carboxylic acids is 1. The molecule has 2 aliphatic heterocycles. The predicted molar refractivity (Wildman–Crippen MR) is 71.2 cm³/mol. The second kappa shape index (κ2) is 5.24. The van der Waals surface area contributed by atoms with Crippen molar-refractivity contribution in [3.8, 4) is 0 Å². The van der Waals surface area contributed by atoms with Gasteiger partial charge in [-0.15, -0.1) is 0 Å². The Bertz CT molecular complexity index is 414. The summed E-state index contributed by atoms with van der Waals surface area (Å²) < 4.78 is 0. The van der Waals surface area contributed by atoms with E-state index in [1.54, 1.807) is 0 Å². The van der Waals surface area contributed by atoms with Gasteiger partial charge in [0, 0.05) is 25.6 Å². The van der Waals surface area contributed by atoms with E-state index < -0.39 is 18.1 Å². The zero-order valence-corrected chi connectivity index (χ0v) is 11.6. The van der Waals surface area contributed by atoms with Crippen molar-refractivity contribution in [2.75, 3.05) is 13.1 Å². The molecule has 2 amide bonds. The van der Waals surface area contributed by atoms with E-state index in [-0.39, 0.29) is 25.0 Å². The molecule has 0 aromatic carbocycles. The minimum absolute atomic E-state index is 0.142. The molecule has 3 aliphatic rings. The van der Waals surface area contributed by atoms with Gasteiger partial charge in [0.15, 0.2) is 0 Å². The molecule has 2 saturated heterocycles. The van der Waals surface area contributed by atoms with Crippen molar-refractivity contribution in [3.63, 3.8) is 0 Å². The van der Waals surface area contributed by atoms with E-state index in [9.17, 15) is 19.8 Å². The van der Waals surface area contributed by atoms with E-state index in [4.69, 9.17) is 0 Å². The molecular formula is C14H22N2O4. The Labute approximate surface area is 118 Å². The monoisotopic (exact) mass is 282 g/mol. The average Bonchev–Trinajstić information content (AvgIpc) is 3.01. The Morgan fingerprint density at radius 2 is 1.80 bits per heavy atom. The first-order valence-corrected chi connectivity index (χ1v) is 7.56. The second-order valence-corrected chi connectivity index (χ2v) is 6.27. The molecule has 1 aliphatic carbocycles. The summed E-state index contributed by atoms with van der Waals surface area (Å²) in [5, 5.41) is 18.9. The number of likely N-dealkylation sites (tertiary alicyclic amines) is 2. The second-order valence-electron chi connectivity index (χ2n) is 6.27. The van der Waals surface area contributed by atoms with Crippen LogP contribution in [0.2, 0.25) is 0 Å². The number of amides is 2. The summed E-state index contributed by atoms with van der Waals surface area (Å²) >= 11 is 0. The van der Waals surface area contributed by atoms with Crippen LogP contribution >= 0.6 is 0 Å². The first kappa shape index (κ1) is 13.7. The Hall–Kier alpha value is -1.30. The number of nitrogens with zero attached hydrogens (tertiary/aromatic N) is 2. The van der Waals surface area contributed by atoms with E-state index in [0.717, 1.165) is 25.8 Å². The third-order valence-electron chi connectivity index (χ3n) is 5.07. The van der Waals surface area contributed by atoms with Crippen LogP contribution < -0.4 is 0 Å². The van der Waals surface area contributed by atoms with Gasteiger partial charge in [-0.2, -0.15) is 0 Å². The smallest absolute Gasteiger partial charge is 0.326 e. The lowest BCUT2D eigenvalue weighted by atomic mass is 9.85. The van der Waals surface area contributed by atoms with Gasteiger partial charge in [-0.05, 0) is 25.2 Å². The number of carboxylic acid groups (broad SMARTS) is 1. The summed E-state index contributed by atoms with van der Waals surface area (Å²) in [6.07, 6.45) is 5.06. The quantitative estimate of drug-likeness (QED) is 0.748. The number of carbonyl (C=O) groups is 2. The molecule has 0 aromatic rings. The molecule has 3 rings (SSSR count). The molecule has 1 saturated carbocycles. The van der Waals surface area contributed by atoms with Crippen LogP contribution in [0.5, 0.6) is 0 Å². The molecule has 20 heavy (non-hydrogen) atoms. The number of β-amino-alcohol motifs (C(OH)–C–C–N with tert-alkyl or cyclic N) is 1. The van der Waals surface area contributed by atoms with Crippen LogP contribution in [0.1, 0.15) is 38.5 Å². The summed E-state index contributed by atoms with van der Waals surface area (Å²) in [4.78, 5) is 27.1. The fourth-order valence-corrected chi connectivity index (χ4v) is 4.07. The number of fused-ring (bicyclic) bond motifs is 1. The predicted octanol–water partition coefficient (Wildman–Crippen LogP) is 0.891. The standard InChI is InChI=1S/C14H22N2O4/c17-10-7-12(13(18)19)16(8-10)14(20)15-6-5-9-3-1-2-4-11(9)15/h9-12,17H,1-8H2,(H,18,19)/t9?,10-,11?,12+/m1/s1. The molecule has 0 aromatic heterocycles.